The van der Waals surface area contributed by atoms with E-state index in [-0.39, 0.29) is 11.9 Å². The van der Waals surface area contributed by atoms with Crippen molar-refractivity contribution in [1.82, 2.24) is 0 Å². The lowest BCUT2D eigenvalue weighted by atomic mass is 9.79. The average Bonchev–Trinajstić information content (AvgIpc) is 2.27. The molecular weight excluding hydrogens is 205 g/mol. The van der Waals surface area contributed by atoms with Crippen LogP contribution in [-0.4, -0.2) is 16.7 Å². The molecule has 88 valence electrons. The molecule has 1 aromatic carbocycles. The van der Waals surface area contributed by atoms with Gasteiger partial charge in [0.05, 0.1) is 5.60 Å². The number of hydrogen-bond donors (Lipinski definition) is 2. The Bertz CT molecular complexity index is 341. The van der Waals surface area contributed by atoms with Gasteiger partial charge < -0.3 is 10.8 Å². The third-order valence-electron chi connectivity index (χ3n) is 3.41. The topological polar surface area (TPSA) is 46.2 Å². The molecule has 0 aromatic heterocycles. The van der Waals surface area contributed by atoms with Crippen LogP contribution in [0.15, 0.2) is 24.3 Å². The highest BCUT2D eigenvalue weighted by molar-refractivity contribution is 5.18. The lowest BCUT2D eigenvalue weighted by Crippen LogP contribution is -2.40. The molecule has 2 rings (SSSR count). The maximum absolute atomic E-state index is 12.7. The summed E-state index contributed by atoms with van der Waals surface area (Å²) in [6.07, 6.45) is 3.83. The van der Waals surface area contributed by atoms with Crippen molar-refractivity contribution in [3.8, 4) is 0 Å². The minimum absolute atomic E-state index is 0.230. The van der Waals surface area contributed by atoms with E-state index in [1.165, 1.54) is 12.1 Å². The number of halogens is 1. The van der Waals surface area contributed by atoms with Crippen molar-refractivity contribution in [2.75, 3.05) is 0 Å². The van der Waals surface area contributed by atoms with Crippen molar-refractivity contribution in [2.45, 2.75) is 43.7 Å². The van der Waals surface area contributed by atoms with E-state index in [0.29, 0.717) is 6.42 Å². The summed E-state index contributed by atoms with van der Waals surface area (Å²) in [6, 6.07) is 6.58. The summed E-state index contributed by atoms with van der Waals surface area (Å²) in [5.74, 6) is -0.235. The monoisotopic (exact) mass is 223 g/mol. The fourth-order valence-electron chi connectivity index (χ4n) is 2.34. The number of nitrogens with two attached hydrogens (primary N) is 1. The predicted octanol–water partition coefficient (Wildman–Crippen LogP) is 2.00. The summed E-state index contributed by atoms with van der Waals surface area (Å²) in [4.78, 5) is 0. The minimum Gasteiger partial charge on any atom is -0.390 e. The Labute approximate surface area is 95.3 Å². The van der Waals surface area contributed by atoms with E-state index in [2.05, 4.69) is 0 Å². The molecule has 0 bridgehead atoms. The largest absolute Gasteiger partial charge is 0.390 e. The van der Waals surface area contributed by atoms with Gasteiger partial charge in [0.1, 0.15) is 5.82 Å². The summed E-state index contributed by atoms with van der Waals surface area (Å²) in [5.41, 5.74) is 6.15. The molecule has 1 aliphatic rings. The van der Waals surface area contributed by atoms with Crippen molar-refractivity contribution in [3.63, 3.8) is 0 Å². The highest BCUT2D eigenvalue weighted by atomic mass is 19.1. The molecule has 0 aliphatic heterocycles. The van der Waals surface area contributed by atoms with Gasteiger partial charge in [0.15, 0.2) is 0 Å². The van der Waals surface area contributed by atoms with Crippen LogP contribution in [0.1, 0.15) is 31.2 Å². The van der Waals surface area contributed by atoms with Crippen LogP contribution in [0.25, 0.3) is 0 Å². The molecule has 16 heavy (non-hydrogen) atoms. The molecule has 0 saturated heterocycles. The molecule has 2 nitrogen and oxygen atoms in total. The first-order chi connectivity index (χ1) is 7.57. The van der Waals surface area contributed by atoms with E-state index in [1.807, 2.05) is 0 Å². The third-order valence-corrected chi connectivity index (χ3v) is 3.41. The van der Waals surface area contributed by atoms with Crippen LogP contribution in [0, 0.1) is 5.82 Å². The van der Waals surface area contributed by atoms with Gasteiger partial charge in [-0.15, -0.1) is 0 Å². The zero-order valence-electron chi connectivity index (χ0n) is 9.32. The summed E-state index contributed by atoms with van der Waals surface area (Å²) in [7, 11) is 0. The number of rotatable bonds is 2. The van der Waals surface area contributed by atoms with Gasteiger partial charge in [-0.05, 0) is 43.4 Å². The molecule has 3 N–H and O–H groups in total. The zero-order chi connectivity index (χ0) is 11.6. The van der Waals surface area contributed by atoms with Crippen molar-refractivity contribution >= 4 is 0 Å². The van der Waals surface area contributed by atoms with Crippen LogP contribution >= 0.6 is 0 Å². The Morgan fingerprint density at radius 1 is 1.25 bits per heavy atom. The molecule has 0 spiro atoms. The van der Waals surface area contributed by atoms with Gasteiger partial charge >= 0.3 is 0 Å². The third kappa shape index (κ3) is 2.80. The molecule has 1 fully saturated rings. The molecule has 0 amide bonds. The molecule has 0 atom stereocenters. The normalized spacial score (nSPS) is 30.3. The van der Waals surface area contributed by atoms with E-state index < -0.39 is 5.60 Å². The molecule has 0 unspecified atom stereocenters. The van der Waals surface area contributed by atoms with Crippen molar-refractivity contribution in [1.29, 1.82) is 0 Å². The first-order valence-corrected chi connectivity index (χ1v) is 5.80. The highest BCUT2D eigenvalue weighted by Crippen LogP contribution is 2.30. The summed E-state index contributed by atoms with van der Waals surface area (Å²) in [5, 5.41) is 10.4. The second-order valence-corrected chi connectivity index (χ2v) is 4.87. The van der Waals surface area contributed by atoms with E-state index in [1.54, 1.807) is 12.1 Å². The van der Waals surface area contributed by atoms with Gasteiger partial charge in [-0.2, -0.15) is 0 Å². The number of hydrogen-bond acceptors (Lipinski definition) is 2. The van der Waals surface area contributed by atoms with E-state index in [0.717, 1.165) is 31.2 Å². The molecule has 0 heterocycles. The fourth-order valence-corrected chi connectivity index (χ4v) is 2.34. The quantitative estimate of drug-likeness (QED) is 0.805. The lowest BCUT2D eigenvalue weighted by Gasteiger charge is -2.34. The van der Waals surface area contributed by atoms with E-state index in [9.17, 15) is 9.50 Å². The van der Waals surface area contributed by atoms with E-state index in [4.69, 9.17) is 5.73 Å². The highest BCUT2D eigenvalue weighted by Gasteiger charge is 2.31. The van der Waals surface area contributed by atoms with Crippen molar-refractivity contribution < 1.29 is 9.50 Å². The summed E-state index contributed by atoms with van der Waals surface area (Å²) >= 11 is 0. The number of benzene rings is 1. The van der Waals surface area contributed by atoms with Crippen LogP contribution in [0.3, 0.4) is 0 Å². The van der Waals surface area contributed by atoms with Gasteiger partial charge in [0.25, 0.3) is 0 Å². The van der Waals surface area contributed by atoms with Gasteiger partial charge in [-0.25, -0.2) is 4.39 Å². The summed E-state index contributed by atoms with van der Waals surface area (Å²) in [6.45, 7) is 0. The SMILES string of the molecule is NC1CCC(O)(Cc2ccc(F)cc2)CC1. The van der Waals surface area contributed by atoms with Crippen LogP contribution in [-0.2, 0) is 6.42 Å². The Hall–Kier alpha value is -0.930. The fraction of sp³-hybridized carbons (Fsp3) is 0.538. The Morgan fingerprint density at radius 2 is 1.81 bits per heavy atom. The Balaban J connectivity index is 2.00. The predicted molar refractivity (Wildman–Crippen MR) is 61.5 cm³/mol. The first kappa shape index (κ1) is 11.6. The molecule has 1 saturated carbocycles. The van der Waals surface area contributed by atoms with Crippen LogP contribution in [0.2, 0.25) is 0 Å². The summed E-state index contributed by atoms with van der Waals surface area (Å²) < 4.78 is 12.7. The molecule has 1 aliphatic carbocycles. The second kappa shape index (κ2) is 4.52. The van der Waals surface area contributed by atoms with E-state index >= 15 is 0 Å². The van der Waals surface area contributed by atoms with Gasteiger partial charge in [0, 0.05) is 12.5 Å². The standard InChI is InChI=1S/C13H18FNO/c14-11-3-1-10(2-4-11)9-13(16)7-5-12(15)6-8-13/h1-4,12,16H,5-9,15H2. The molecular formula is C13H18FNO. The van der Waals surface area contributed by atoms with Crippen molar-refractivity contribution in [2.24, 2.45) is 5.73 Å². The van der Waals surface area contributed by atoms with Crippen molar-refractivity contribution in [3.05, 3.63) is 35.6 Å². The Kier molecular flexibility index (Phi) is 3.26. The zero-order valence-corrected chi connectivity index (χ0v) is 9.32. The van der Waals surface area contributed by atoms with Crippen LogP contribution in [0.4, 0.5) is 4.39 Å². The smallest absolute Gasteiger partial charge is 0.123 e. The van der Waals surface area contributed by atoms with Gasteiger partial charge in [-0.1, -0.05) is 12.1 Å². The van der Waals surface area contributed by atoms with Gasteiger partial charge in [0.2, 0.25) is 0 Å². The van der Waals surface area contributed by atoms with Crippen LogP contribution in [0.5, 0.6) is 0 Å². The average molecular weight is 223 g/mol. The minimum atomic E-state index is -0.645. The molecule has 3 heteroatoms. The maximum Gasteiger partial charge on any atom is 0.123 e. The van der Waals surface area contributed by atoms with Gasteiger partial charge in [-0.3, -0.25) is 0 Å². The molecule has 1 aromatic rings. The lowest BCUT2D eigenvalue weighted by molar-refractivity contribution is 0.000201. The maximum atomic E-state index is 12.7. The second-order valence-electron chi connectivity index (χ2n) is 4.87. The number of aliphatic hydroxyl groups is 1. The van der Waals surface area contributed by atoms with Crippen LogP contribution < -0.4 is 5.73 Å². The Morgan fingerprint density at radius 3 is 2.38 bits per heavy atom. The first-order valence-electron chi connectivity index (χ1n) is 5.80. The molecule has 0 radical (unpaired) electrons.